The molecule has 15 heavy (non-hydrogen) atoms. The fourth-order valence-corrected chi connectivity index (χ4v) is 1.22. The van der Waals surface area contributed by atoms with Crippen LogP contribution in [0, 0.1) is 5.41 Å². The van der Waals surface area contributed by atoms with Crippen molar-refractivity contribution in [3.05, 3.63) is 12.2 Å². The number of aldehydes is 1. The Morgan fingerprint density at radius 3 is 2.00 bits per heavy atom. The largest absolute Gasteiger partial charge is 0.480 e. The van der Waals surface area contributed by atoms with Gasteiger partial charge in [0.15, 0.2) is 17.0 Å². The third-order valence-corrected chi connectivity index (χ3v) is 2.13. The van der Waals surface area contributed by atoms with E-state index >= 15 is 0 Å². The van der Waals surface area contributed by atoms with Crippen molar-refractivity contribution in [3.8, 4) is 0 Å². The summed E-state index contributed by atoms with van der Waals surface area (Å²) in [5, 5.41) is 8.90. The Bertz CT molecular complexity index is 326. The summed E-state index contributed by atoms with van der Waals surface area (Å²) in [6, 6.07) is 0. The first-order valence-corrected chi connectivity index (χ1v) is 4.19. The van der Waals surface area contributed by atoms with Gasteiger partial charge in [-0.2, -0.15) is 0 Å². The van der Waals surface area contributed by atoms with Crippen LogP contribution in [0.5, 0.6) is 0 Å². The molecule has 1 unspecified atom stereocenters. The van der Waals surface area contributed by atoms with Crippen LogP contribution in [-0.2, 0) is 19.2 Å². The van der Waals surface area contributed by atoms with E-state index in [2.05, 4.69) is 6.58 Å². The first kappa shape index (κ1) is 13.2. The van der Waals surface area contributed by atoms with Gasteiger partial charge in [0.2, 0.25) is 0 Å². The highest BCUT2D eigenvalue weighted by atomic mass is 16.4. The lowest BCUT2D eigenvalue weighted by Crippen LogP contribution is -2.46. The number of hydrogen-bond donors (Lipinski definition) is 1. The van der Waals surface area contributed by atoms with Crippen molar-refractivity contribution in [2.24, 2.45) is 5.41 Å². The molecule has 0 saturated carbocycles. The number of carbonyl (C=O) groups excluding carboxylic acids is 3. The number of rotatable bonds is 6. The third-order valence-electron chi connectivity index (χ3n) is 2.13. The number of hydrogen-bond acceptors (Lipinski definition) is 4. The van der Waals surface area contributed by atoms with Gasteiger partial charge in [0.05, 0.1) is 0 Å². The van der Waals surface area contributed by atoms with Gasteiger partial charge < -0.3 is 9.90 Å². The Morgan fingerprint density at radius 2 is 1.80 bits per heavy atom. The summed E-state index contributed by atoms with van der Waals surface area (Å²) in [7, 11) is 0. The van der Waals surface area contributed by atoms with Gasteiger partial charge in [-0.3, -0.25) is 14.4 Å². The molecular formula is C10H12O5. The summed E-state index contributed by atoms with van der Waals surface area (Å²) in [5.74, 6) is -3.40. The van der Waals surface area contributed by atoms with E-state index in [1.54, 1.807) is 0 Å². The second-order valence-corrected chi connectivity index (χ2v) is 3.25. The molecule has 0 aliphatic carbocycles. The average Bonchev–Trinajstić information content (AvgIpc) is 2.11. The van der Waals surface area contributed by atoms with Gasteiger partial charge in [0.25, 0.3) is 0 Å². The number of carboxylic acid groups (broad SMARTS) is 1. The molecule has 82 valence electrons. The molecule has 0 bridgehead atoms. The zero-order chi connectivity index (χ0) is 12.2. The maximum Gasteiger partial charge on any atom is 0.325 e. The lowest BCUT2D eigenvalue weighted by atomic mass is 9.75. The Hall–Kier alpha value is -1.78. The average molecular weight is 212 g/mol. The van der Waals surface area contributed by atoms with Crippen LogP contribution in [0.4, 0.5) is 0 Å². The van der Waals surface area contributed by atoms with Crippen molar-refractivity contribution < 1.29 is 24.3 Å². The number of allylic oxidation sites excluding steroid dienone is 1. The van der Waals surface area contributed by atoms with E-state index in [1.165, 1.54) is 6.92 Å². The van der Waals surface area contributed by atoms with Gasteiger partial charge in [-0.25, -0.2) is 0 Å². The molecule has 0 aliphatic rings. The van der Waals surface area contributed by atoms with Crippen LogP contribution in [0.25, 0.3) is 0 Å². The van der Waals surface area contributed by atoms with Crippen LogP contribution >= 0.6 is 0 Å². The minimum atomic E-state index is -2.30. The Morgan fingerprint density at radius 1 is 1.33 bits per heavy atom. The predicted octanol–water partition coefficient (Wildman–Crippen LogP) is 0.381. The van der Waals surface area contributed by atoms with Gasteiger partial charge in [-0.15, -0.1) is 0 Å². The first-order chi connectivity index (χ1) is 6.80. The topological polar surface area (TPSA) is 88.5 Å². The highest BCUT2D eigenvalue weighted by molar-refractivity contribution is 6.26. The first-order valence-electron chi connectivity index (χ1n) is 4.19. The van der Waals surface area contributed by atoms with Crippen LogP contribution in [0.3, 0.4) is 0 Å². The van der Waals surface area contributed by atoms with Crippen molar-refractivity contribution in [1.29, 1.82) is 0 Å². The summed E-state index contributed by atoms with van der Waals surface area (Å²) in [6.07, 6.45) is -0.417. The molecule has 0 aliphatic heterocycles. The van der Waals surface area contributed by atoms with E-state index in [0.29, 0.717) is 0 Å². The van der Waals surface area contributed by atoms with Crippen LogP contribution < -0.4 is 0 Å². The molecule has 0 fully saturated rings. The minimum Gasteiger partial charge on any atom is -0.480 e. The van der Waals surface area contributed by atoms with Crippen LogP contribution in [0.2, 0.25) is 0 Å². The number of Topliss-reactive ketones (excluding diaryl/α,β-unsaturated/α-hetero) is 2. The molecule has 1 atom stereocenters. The summed E-state index contributed by atoms with van der Waals surface area (Å²) >= 11 is 0. The zero-order valence-corrected chi connectivity index (χ0v) is 8.57. The smallest absolute Gasteiger partial charge is 0.325 e. The van der Waals surface area contributed by atoms with Crippen molar-refractivity contribution in [1.82, 2.24) is 0 Å². The lowest BCUT2D eigenvalue weighted by molar-refractivity contribution is -0.159. The van der Waals surface area contributed by atoms with E-state index < -0.39 is 29.4 Å². The quantitative estimate of drug-likeness (QED) is 0.390. The van der Waals surface area contributed by atoms with Gasteiger partial charge in [-0.05, 0) is 19.4 Å². The molecule has 5 heteroatoms. The van der Waals surface area contributed by atoms with E-state index in [1.807, 2.05) is 0 Å². The number of aliphatic carboxylic acids is 1. The summed E-state index contributed by atoms with van der Waals surface area (Å²) in [6.45, 7) is 5.56. The molecule has 0 amide bonds. The molecule has 0 aromatic rings. The van der Waals surface area contributed by atoms with Crippen molar-refractivity contribution in [2.75, 3.05) is 0 Å². The number of ketones is 2. The van der Waals surface area contributed by atoms with E-state index in [9.17, 15) is 19.2 Å². The molecule has 1 N–H and O–H groups in total. The Balaban J connectivity index is 5.61. The molecule has 0 spiro atoms. The van der Waals surface area contributed by atoms with E-state index in [-0.39, 0.29) is 11.9 Å². The zero-order valence-electron chi connectivity index (χ0n) is 8.57. The molecule has 0 aromatic heterocycles. The normalized spacial score (nSPS) is 13.7. The second kappa shape index (κ2) is 4.63. The van der Waals surface area contributed by atoms with E-state index in [4.69, 9.17) is 5.11 Å². The molecule has 0 saturated heterocycles. The molecule has 0 rings (SSSR count). The standard InChI is InChI=1S/C10H12O5/c1-6(2)8(13)10(4-5-11,7(3)12)9(14)15/h5H,1,4H2,2-3H3,(H,14,15). The van der Waals surface area contributed by atoms with E-state index in [0.717, 1.165) is 6.92 Å². The monoisotopic (exact) mass is 212 g/mol. The minimum absolute atomic E-state index is 0.0607. The molecule has 0 radical (unpaired) electrons. The summed E-state index contributed by atoms with van der Waals surface area (Å²) in [5.41, 5.74) is -2.36. The third kappa shape index (κ3) is 2.18. The van der Waals surface area contributed by atoms with Crippen molar-refractivity contribution in [2.45, 2.75) is 20.3 Å². The van der Waals surface area contributed by atoms with Crippen LogP contribution in [-0.4, -0.2) is 28.9 Å². The molecule has 0 aromatic carbocycles. The maximum atomic E-state index is 11.6. The van der Waals surface area contributed by atoms with Crippen molar-refractivity contribution in [3.63, 3.8) is 0 Å². The summed E-state index contributed by atoms with van der Waals surface area (Å²) in [4.78, 5) is 44.1. The molecule has 0 heterocycles. The number of carboxylic acids is 1. The number of carbonyl (C=O) groups is 4. The Labute approximate surface area is 86.8 Å². The molecule has 5 nitrogen and oxygen atoms in total. The lowest BCUT2D eigenvalue weighted by Gasteiger charge is -2.22. The van der Waals surface area contributed by atoms with Crippen LogP contribution in [0.15, 0.2) is 12.2 Å². The van der Waals surface area contributed by atoms with Gasteiger partial charge >= 0.3 is 5.97 Å². The fourth-order valence-electron chi connectivity index (χ4n) is 1.22. The van der Waals surface area contributed by atoms with Crippen molar-refractivity contribution >= 4 is 23.8 Å². The Kier molecular flexibility index (Phi) is 4.08. The second-order valence-electron chi connectivity index (χ2n) is 3.25. The fraction of sp³-hybridized carbons (Fsp3) is 0.400. The SMILES string of the molecule is C=C(C)C(=O)C(CC=O)(C(C)=O)C(=O)O. The highest BCUT2D eigenvalue weighted by Gasteiger charge is 2.50. The molecular weight excluding hydrogens is 200 g/mol. The van der Waals surface area contributed by atoms with Crippen LogP contribution in [0.1, 0.15) is 20.3 Å². The van der Waals surface area contributed by atoms with Gasteiger partial charge in [0.1, 0.15) is 6.29 Å². The highest BCUT2D eigenvalue weighted by Crippen LogP contribution is 2.27. The van der Waals surface area contributed by atoms with Gasteiger partial charge in [0, 0.05) is 6.42 Å². The summed E-state index contributed by atoms with van der Waals surface area (Å²) < 4.78 is 0. The maximum absolute atomic E-state index is 11.6. The van der Waals surface area contributed by atoms with Gasteiger partial charge in [-0.1, -0.05) is 6.58 Å². The predicted molar refractivity (Wildman–Crippen MR) is 51.3 cm³/mol.